The van der Waals surface area contributed by atoms with Crippen molar-refractivity contribution in [1.82, 2.24) is 10.6 Å². The van der Waals surface area contributed by atoms with Gasteiger partial charge in [0.1, 0.15) is 0 Å². The third kappa shape index (κ3) is 4.44. The first-order valence-electron chi connectivity index (χ1n) is 8.96. The first kappa shape index (κ1) is 19.6. The highest BCUT2D eigenvalue weighted by atomic mass is 35.5. The monoisotopic (exact) mass is 370 g/mol. The molecule has 1 saturated carbocycles. The van der Waals surface area contributed by atoms with Crippen LogP contribution in [0.15, 0.2) is 24.3 Å². The van der Waals surface area contributed by atoms with Crippen LogP contribution in [0.4, 0.5) is 0 Å². The summed E-state index contributed by atoms with van der Waals surface area (Å²) in [6.45, 7) is 3.01. The first-order valence-corrected chi connectivity index (χ1v) is 9.33. The molecular weight excluding hydrogens is 343 g/mol. The van der Waals surface area contributed by atoms with Gasteiger partial charge in [-0.15, -0.1) is 12.4 Å². The third-order valence-corrected chi connectivity index (χ3v) is 5.79. The summed E-state index contributed by atoms with van der Waals surface area (Å²) in [5.41, 5.74) is 0.776. The van der Waals surface area contributed by atoms with Gasteiger partial charge >= 0.3 is 0 Å². The van der Waals surface area contributed by atoms with Crippen LogP contribution in [-0.4, -0.2) is 25.5 Å². The summed E-state index contributed by atoms with van der Waals surface area (Å²) < 4.78 is 0. The fourth-order valence-electron chi connectivity index (χ4n) is 4.09. The molecule has 1 aromatic carbocycles. The van der Waals surface area contributed by atoms with Gasteiger partial charge in [-0.1, -0.05) is 43.0 Å². The van der Waals surface area contributed by atoms with Crippen molar-refractivity contribution in [3.8, 4) is 0 Å². The van der Waals surface area contributed by atoms with Crippen LogP contribution in [-0.2, 0) is 10.2 Å². The standard InChI is InChI=1S/C19H27ClN2O.ClH/c20-17-6-4-16(5-7-17)19(10-2-1-3-11-19)18(23)22-13-9-15-8-12-21-14-15;/h4-7,15,21H,1-3,8-14H2,(H,22,23);1H. The zero-order valence-electron chi connectivity index (χ0n) is 14.2. The molecule has 1 saturated heterocycles. The van der Waals surface area contributed by atoms with E-state index in [-0.39, 0.29) is 23.7 Å². The van der Waals surface area contributed by atoms with Gasteiger partial charge in [0.2, 0.25) is 5.91 Å². The smallest absolute Gasteiger partial charge is 0.230 e. The van der Waals surface area contributed by atoms with Crippen molar-refractivity contribution in [2.75, 3.05) is 19.6 Å². The molecule has 1 heterocycles. The van der Waals surface area contributed by atoms with Crippen LogP contribution in [0.25, 0.3) is 0 Å². The lowest BCUT2D eigenvalue weighted by Crippen LogP contribution is -2.46. The summed E-state index contributed by atoms with van der Waals surface area (Å²) in [5.74, 6) is 0.929. The molecule has 0 radical (unpaired) electrons. The second-order valence-electron chi connectivity index (χ2n) is 7.05. The number of halogens is 2. The van der Waals surface area contributed by atoms with Gasteiger partial charge < -0.3 is 10.6 Å². The number of hydrogen-bond donors (Lipinski definition) is 2. The Balaban J connectivity index is 0.00000208. The maximum atomic E-state index is 13.0. The van der Waals surface area contributed by atoms with E-state index in [9.17, 15) is 4.79 Å². The molecule has 0 spiro atoms. The maximum absolute atomic E-state index is 13.0. The Kier molecular flexibility index (Phi) is 7.39. The Bertz CT molecular complexity index is 521. The van der Waals surface area contributed by atoms with E-state index in [1.54, 1.807) is 0 Å². The number of nitrogens with one attached hydrogen (secondary N) is 2. The van der Waals surface area contributed by atoms with Crippen molar-refractivity contribution in [3.05, 3.63) is 34.9 Å². The molecule has 5 heteroatoms. The van der Waals surface area contributed by atoms with Crippen molar-refractivity contribution in [1.29, 1.82) is 0 Å². The molecule has 1 aromatic rings. The highest BCUT2D eigenvalue weighted by molar-refractivity contribution is 6.30. The number of carbonyl (C=O) groups excluding carboxylic acids is 1. The van der Waals surface area contributed by atoms with Gasteiger partial charge in [-0.25, -0.2) is 0 Å². The van der Waals surface area contributed by atoms with Crippen LogP contribution in [0, 0.1) is 5.92 Å². The van der Waals surface area contributed by atoms with Gasteiger partial charge in [-0.3, -0.25) is 4.79 Å². The topological polar surface area (TPSA) is 41.1 Å². The maximum Gasteiger partial charge on any atom is 0.230 e. The highest BCUT2D eigenvalue weighted by Crippen LogP contribution is 2.40. The molecule has 24 heavy (non-hydrogen) atoms. The van der Waals surface area contributed by atoms with Crippen molar-refractivity contribution in [2.24, 2.45) is 5.92 Å². The molecule has 1 aliphatic carbocycles. The van der Waals surface area contributed by atoms with Crippen molar-refractivity contribution in [3.63, 3.8) is 0 Å². The van der Waals surface area contributed by atoms with E-state index in [2.05, 4.69) is 10.6 Å². The Hall–Kier alpha value is -0.770. The molecule has 0 bridgehead atoms. The van der Waals surface area contributed by atoms with Gasteiger partial charge in [0, 0.05) is 11.6 Å². The lowest BCUT2D eigenvalue weighted by molar-refractivity contribution is -0.128. The molecular formula is C19H28Cl2N2O. The number of rotatable bonds is 5. The third-order valence-electron chi connectivity index (χ3n) is 5.54. The Labute approximate surface area is 156 Å². The molecule has 1 unspecified atom stereocenters. The average molecular weight is 371 g/mol. The first-order chi connectivity index (χ1) is 11.2. The molecule has 0 aromatic heterocycles. The second-order valence-corrected chi connectivity index (χ2v) is 7.49. The number of amides is 1. The van der Waals surface area contributed by atoms with E-state index in [0.29, 0.717) is 5.92 Å². The van der Waals surface area contributed by atoms with E-state index < -0.39 is 0 Å². The van der Waals surface area contributed by atoms with Gasteiger partial charge in [-0.05, 0) is 62.4 Å². The summed E-state index contributed by atoms with van der Waals surface area (Å²) in [7, 11) is 0. The molecule has 3 rings (SSSR count). The van der Waals surface area contributed by atoms with Gasteiger partial charge in [0.05, 0.1) is 5.41 Å². The van der Waals surface area contributed by atoms with Gasteiger partial charge in [-0.2, -0.15) is 0 Å². The van der Waals surface area contributed by atoms with Gasteiger partial charge in [0.25, 0.3) is 0 Å². The zero-order chi connectivity index (χ0) is 16.1. The SMILES string of the molecule is Cl.O=C(NCCC1CCNC1)C1(c2ccc(Cl)cc2)CCCCC1. The van der Waals surface area contributed by atoms with Crippen molar-refractivity contribution >= 4 is 29.9 Å². The number of carbonyl (C=O) groups is 1. The Morgan fingerprint density at radius 3 is 2.54 bits per heavy atom. The summed E-state index contributed by atoms with van der Waals surface area (Å²) in [6.07, 6.45) is 7.70. The van der Waals surface area contributed by atoms with E-state index in [0.717, 1.165) is 62.3 Å². The van der Waals surface area contributed by atoms with Crippen LogP contribution >= 0.6 is 24.0 Å². The zero-order valence-corrected chi connectivity index (χ0v) is 15.7. The normalized spacial score (nSPS) is 22.6. The predicted octanol–water partition coefficient (Wildman–Crippen LogP) is 4.08. The Morgan fingerprint density at radius 1 is 1.21 bits per heavy atom. The highest BCUT2D eigenvalue weighted by Gasteiger charge is 2.40. The van der Waals surface area contributed by atoms with Crippen molar-refractivity contribution < 1.29 is 4.79 Å². The minimum Gasteiger partial charge on any atom is -0.355 e. The predicted molar refractivity (Wildman–Crippen MR) is 102 cm³/mol. The summed E-state index contributed by atoms with van der Waals surface area (Å²) in [4.78, 5) is 13.0. The molecule has 134 valence electrons. The molecule has 1 aliphatic heterocycles. The molecule has 1 amide bonds. The Morgan fingerprint density at radius 2 is 1.92 bits per heavy atom. The van der Waals surface area contributed by atoms with Crippen LogP contribution in [0.5, 0.6) is 0 Å². The molecule has 2 aliphatic rings. The van der Waals surface area contributed by atoms with E-state index in [1.165, 1.54) is 12.8 Å². The molecule has 3 nitrogen and oxygen atoms in total. The summed E-state index contributed by atoms with van der Waals surface area (Å²) in [5, 5.41) is 7.35. The van der Waals surface area contributed by atoms with E-state index in [1.807, 2.05) is 24.3 Å². The number of benzene rings is 1. The number of hydrogen-bond acceptors (Lipinski definition) is 2. The van der Waals surface area contributed by atoms with Crippen LogP contribution in [0.3, 0.4) is 0 Å². The average Bonchev–Trinajstić information content (AvgIpc) is 3.09. The van der Waals surface area contributed by atoms with Crippen LogP contribution < -0.4 is 10.6 Å². The fourth-order valence-corrected chi connectivity index (χ4v) is 4.22. The van der Waals surface area contributed by atoms with E-state index in [4.69, 9.17) is 11.6 Å². The lowest BCUT2D eigenvalue weighted by atomic mass is 9.68. The van der Waals surface area contributed by atoms with Crippen molar-refractivity contribution in [2.45, 2.75) is 50.4 Å². The fraction of sp³-hybridized carbons (Fsp3) is 0.632. The molecule has 1 atom stereocenters. The van der Waals surface area contributed by atoms with Crippen LogP contribution in [0.1, 0.15) is 50.5 Å². The summed E-state index contributed by atoms with van der Waals surface area (Å²) in [6, 6.07) is 7.89. The summed E-state index contributed by atoms with van der Waals surface area (Å²) >= 11 is 6.03. The lowest BCUT2D eigenvalue weighted by Gasteiger charge is -2.36. The van der Waals surface area contributed by atoms with E-state index >= 15 is 0 Å². The largest absolute Gasteiger partial charge is 0.355 e. The second kappa shape index (κ2) is 9.07. The van der Waals surface area contributed by atoms with Gasteiger partial charge in [0.15, 0.2) is 0 Å². The minimum absolute atomic E-state index is 0. The minimum atomic E-state index is -0.350. The van der Waals surface area contributed by atoms with Crippen LogP contribution in [0.2, 0.25) is 5.02 Å². The molecule has 2 N–H and O–H groups in total. The quantitative estimate of drug-likeness (QED) is 0.819. The molecule has 2 fully saturated rings.